The summed E-state index contributed by atoms with van der Waals surface area (Å²) in [4.78, 5) is 10.8. The van der Waals surface area contributed by atoms with Crippen LogP contribution < -0.4 is 10.2 Å². The van der Waals surface area contributed by atoms with E-state index in [0.29, 0.717) is 11.4 Å². The third kappa shape index (κ3) is 3.21. The Morgan fingerprint density at radius 2 is 2.04 bits per heavy atom. The Bertz CT molecular complexity index is 723. The Morgan fingerprint density at radius 3 is 2.78 bits per heavy atom. The second-order valence-corrected chi connectivity index (χ2v) is 5.72. The van der Waals surface area contributed by atoms with Crippen LogP contribution in [0.25, 0.3) is 0 Å². The van der Waals surface area contributed by atoms with Crippen molar-refractivity contribution in [3.8, 4) is 6.07 Å². The van der Waals surface area contributed by atoms with Gasteiger partial charge in [-0.15, -0.1) is 5.10 Å². The van der Waals surface area contributed by atoms with E-state index in [4.69, 9.17) is 0 Å². The molecule has 1 N–H and O–H groups in total. The van der Waals surface area contributed by atoms with Crippen molar-refractivity contribution in [2.24, 2.45) is 0 Å². The maximum absolute atomic E-state index is 9.39. The highest BCUT2D eigenvalue weighted by Crippen LogP contribution is 2.22. The third-order valence-electron chi connectivity index (χ3n) is 4.16. The first-order valence-corrected chi connectivity index (χ1v) is 7.71. The van der Waals surface area contributed by atoms with E-state index in [1.807, 2.05) is 19.9 Å². The minimum Gasteiger partial charge on any atom is -0.363 e. The molecule has 7 nitrogen and oxygen atoms in total. The lowest BCUT2D eigenvalue weighted by Crippen LogP contribution is -2.43. The molecule has 0 saturated carbocycles. The third-order valence-corrected chi connectivity index (χ3v) is 4.16. The van der Waals surface area contributed by atoms with Crippen molar-refractivity contribution in [1.29, 1.82) is 5.26 Å². The number of anilines is 2. The molecule has 3 rings (SSSR count). The maximum Gasteiger partial charge on any atom is 0.225 e. The quantitative estimate of drug-likeness (QED) is 0.925. The van der Waals surface area contributed by atoms with Gasteiger partial charge in [0.15, 0.2) is 5.82 Å². The number of rotatable bonds is 3. The van der Waals surface area contributed by atoms with Gasteiger partial charge in [0.05, 0.1) is 5.69 Å². The average molecular weight is 309 g/mol. The molecule has 2 aromatic rings. The summed E-state index contributed by atoms with van der Waals surface area (Å²) in [7, 11) is 0. The summed E-state index contributed by atoms with van der Waals surface area (Å²) in [6.45, 7) is 5.48. The number of aromatic nitrogens is 4. The van der Waals surface area contributed by atoms with Crippen LogP contribution in [-0.4, -0.2) is 39.3 Å². The molecule has 3 heterocycles. The molecule has 0 bridgehead atoms. The zero-order valence-corrected chi connectivity index (χ0v) is 13.3. The molecule has 7 heteroatoms. The molecule has 1 aliphatic heterocycles. The molecule has 118 valence electrons. The molecule has 0 radical (unpaired) electrons. The van der Waals surface area contributed by atoms with Crippen molar-refractivity contribution in [3.63, 3.8) is 0 Å². The molecule has 0 unspecified atom stereocenters. The number of piperidine rings is 1. The fourth-order valence-corrected chi connectivity index (χ4v) is 2.77. The van der Waals surface area contributed by atoms with E-state index < -0.39 is 0 Å². The van der Waals surface area contributed by atoms with E-state index in [1.54, 1.807) is 12.4 Å². The average Bonchev–Trinajstić information content (AvgIpc) is 2.60. The molecule has 0 aromatic carbocycles. The van der Waals surface area contributed by atoms with Gasteiger partial charge in [0.25, 0.3) is 0 Å². The number of hydrogen-bond acceptors (Lipinski definition) is 7. The van der Waals surface area contributed by atoms with Crippen molar-refractivity contribution < 1.29 is 0 Å². The second kappa shape index (κ2) is 6.57. The van der Waals surface area contributed by atoms with Gasteiger partial charge in [0.2, 0.25) is 5.95 Å². The van der Waals surface area contributed by atoms with Crippen molar-refractivity contribution >= 4 is 11.8 Å². The molecule has 1 fully saturated rings. The zero-order chi connectivity index (χ0) is 16.2. The molecular formula is C16H19N7. The lowest BCUT2D eigenvalue weighted by atomic mass is 10.0. The van der Waals surface area contributed by atoms with E-state index in [2.05, 4.69) is 36.5 Å². The number of nitrogens with one attached hydrogen (secondary N) is 1. The highest BCUT2D eigenvalue weighted by Gasteiger charge is 2.23. The smallest absolute Gasteiger partial charge is 0.225 e. The number of nitriles is 1. The Balaban J connectivity index is 1.76. The van der Waals surface area contributed by atoms with Gasteiger partial charge in [-0.3, -0.25) is 0 Å². The minimum atomic E-state index is 0.191. The monoisotopic (exact) mass is 309 g/mol. The molecule has 2 aromatic heterocycles. The first-order valence-electron chi connectivity index (χ1n) is 7.71. The SMILES string of the molecule is Cc1nnc(N[C@H]2CCCN(c3ncccn3)C2)c(C#N)c1C. The van der Waals surface area contributed by atoms with E-state index >= 15 is 0 Å². The van der Waals surface area contributed by atoms with Gasteiger partial charge in [-0.05, 0) is 38.3 Å². The summed E-state index contributed by atoms with van der Waals surface area (Å²) >= 11 is 0. The molecular weight excluding hydrogens is 290 g/mol. The Morgan fingerprint density at radius 1 is 1.26 bits per heavy atom. The van der Waals surface area contributed by atoms with E-state index in [9.17, 15) is 5.26 Å². The van der Waals surface area contributed by atoms with Gasteiger partial charge in [-0.25, -0.2) is 9.97 Å². The van der Waals surface area contributed by atoms with Crippen molar-refractivity contribution in [1.82, 2.24) is 20.2 Å². The Labute approximate surface area is 135 Å². The van der Waals surface area contributed by atoms with Gasteiger partial charge in [-0.1, -0.05) is 0 Å². The standard InChI is InChI=1S/C16H19N7/c1-11-12(2)21-22-15(14(11)9-17)20-13-5-3-8-23(10-13)16-18-6-4-7-19-16/h4,6-7,13H,3,5,8,10H2,1-2H3,(H,20,22)/t13-/m0/s1. The highest BCUT2D eigenvalue weighted by molar-refractivity contribution is 5.56. The molecule has 0 spiro atoms. The van der Waals surface area contributed by atoms with E-state index in [0.717, 1.165) is 43.1 Å². The van der Waals surface area contributed by atoms with Crippen LogP contribution in [0, 0.1) is 25.2 Å². The molecule has 0 amide bonds. The first-order chi connectivity index (χ1) is 11.2. The Hall–Kier alpha value is -2.75. The summed E-state index contributed by atoms with van der Waals surface area (Å²) in [5.41, 5.74) is 2.24. The summed E-state index contributed by atoms with van der Waals surface area (Å²) < 4.78 is 0. The second-order valence-electron chi connectivity index (χ2n) is 5.72. The van der Waals surface area contributed by atoms with Crippen molar-refractivity contribution in [2.45, 2.75) is 32.7 Å². The fraction of sp³-hybridized carbons (Fsp3) is 0.438. The van der Waals surface area contributed by atoms with Gasteiger partial charge in [0.1, 0.15) is 11.6 Å². The number of hydrogen-bond donors (Lipinski definition) is 1. The van der Waals surface area contributed by atoms with Crippen LogP contribution in [-0.2, 0) is 0 Å². The normalized spacial score (nSPS) is 17.6. The lowest BCUT2D eigenvalue weighted by molar-refractivity contribution is 0.521. The van der Waals surface area contributed by atoms with Gasteiger partial charge >= 0.3 is 0 Å². The molecule has 1 atom stereocenters. The van der Waals surface area contributed by atoms with Crippen LogP contribution in [0.2, 0.25) is 0 Å². The topological polar surface area (TPSA) is 90.6 Å². The summed E-state index contributed by atoms with van der Waals surface area (Å²) in [6, 6.07) is 4.24. The summed E-state index contributed by atoms with van der Waals surface area (Å²) in [5.74, 6) is 1.31. The van der Waals surface area contributed by atoms with Crippen LogP contribution in [0.5, 0.6) is 0 Å². The van der Waals surface area contributed by atoms with E-state index in [-0.39, 0.29) is 6.04 Å². The fourth-order valence-electron chi connectivity index (χ4n) is 2.77. The van der Waals surface area contributed by atoms with E-state index in [1.165, 1.54) is 0 Å². The van der Waals surface area contributed by atoms with Gasteiger partial charge in [-0.2, -0.15) is 10.4 Å². The van der Waals surface area contributed by atoms with Crippen LogP contribution in [0.1, 0.15) is 29.7 Å². The highest BCUT2D eigenvalue weighted by atomic mass is 15.3. The Kier molecular flexibility index (Phi) is 4.33. The van der Waals surface area contributed by atoms with Gasteiger partial charge in [0, 0.05) is 31.5 Å². The minimum absolute atomic E-state index is 0.191. The first kappa shape index (κ1) is 15.2. The zero-order valence-electron chi connectivity index (χ0n) is 13.3. The number of aryl methyl sites for hydroxylation is 1. The van der Waals surface area contributed by atoms with Crippen LogP contribution in [0.3, 0.4) is 0 Å². The van der Waals surface area contributed by atoms with Crippen molar-refractivity contribution in [2.75, 3.05) is 23.3 Å². The van der Waals surface area contributed by atoms with Gasteiger partial charge < -0.3 is 10.2 Å². The molecule has 1 aliphatic rings. The molecule has 0 aliphatic carbocycles. The maximum atomic E-state index is 9.39. The summed E-state index contributed by atoms with van der Waals surface area (Å²) in [6.07, 6.45) is 5.56. The predicted molar refractivity (Wildman–Crippen MR) is 87.1 cm³/mol. The lowest BCUT2D eigenvalue weighted by Gasteiger charge is -2.33. The predicted octanol–water partition coefficient (Wildman–Crippen LogP) is 1.84. The summed E-state index contributed by atoms with van der Waals surface area (Å²) in [5, 5.41) is 21.1. The van der Waals surface area contributed by atoms with Crippen LogP contribution in [0.15, 0.2) is 18.5 Å². The van der Waals surface area contributed by atoms with Crippen LogP contribution >= 0.6 is 0 Å². The van der Waals surface area contributed by atoms with Crippen LogP contribution in [0.4, 0.5) is 11.8 Å². The largest absolute Gasteiger partial charge is 0.363 e. The van der Waals surface area contributed by atoms with Crippen molar-refractivity contribution in [3.05, 3.63) is 35.3 Å². The molecule has 1 saturated heterocycles. The molecule has 23 heavy (non-hydrogen) atoms. The number of nitrogens with zero attached hydrogens (tertiary/aromatic N) is 6.